The van der Waals surface area contributed by atoms with Crippen molar-refractivity contribution in [3.63, 3.8) is 0 Å². The van der Waals surface area contributed by atoms with Gasteiger partial charge in [0, 0.05) is 35.3 Å². The highest BCUT2D eigenvalue weighted by Gasteiger charge is 2.20. The lowest BCUT2D eigenvalue weighted by atomic mass is 10.0. The molecule has 168 valence electrons. The maximum atomic E-state index is 13.2. The van der Waals surface area contributed by atoms with Crippen LogP contribution in [0.1, 0.15) is 16.1 Å². The Morgan fingerprint density at radius 1 is 0.970 bits per heavy atom. The van der Waals surface area contributed by atoms with Crippen molar-refractivity contribution in [2.45, 2.75) is 25.8 Å². The van der Waals surface area contributed by atoms with E-state index in [4.69, 9.17) is 0 Å². The first-order valence-electron chi connectivity index (χ1n) is 10.9. The summed E-state index contributed by atoms with van der Waals surface area (Å²) in [6.45, 7) is 2.67. The summed E-state index contributed by atoms with van der Waals surface area (Å²) >= 11 is 1.74. The van der Waals surface area contributed by atoms with E-state index in [-0.39, 0.29) is 5.91 Å². The monoisotopic (exact) mass is 457 g/mol. The second-order valence-electron chi connectivity index (χ2n) is 7.72. The topological polar surface area (TPSA) is 78.9 Å². The van der Waals surface area contributed by atoms with Crippen molar-refractivity contribution in [1.82, 2.24) is 9.97 Å². The summed E-state index contributed by atoms with van der Waals surface area (Å²) in [6, 6.07) is 25.0. The molecular formula is C26H27N5OS. The highest BCUT2D eigenvalue weighted by molar-refractivity contribution is 7.09. The Morgan fingerprint density at radius 3 is 2.45 bits per heavy atom. The highest BCUT2D eigenvalue weighted by atomic mass is 32.1. The average molecular weight is 458 g/mol. The zero-order chi connectivity index (χ0) is 22.9. The highest BCUT2D eigenvalue weighted by Crippen LogP contribution is 2.16. The lowest BCUT2D eigenvalue weighted by Crippen LogP contribution is -2.37. The maximum absolute atomic E-state index is 13.2. The Balaban J connectivity index is 1.48. The normalized spacial score (nSPS) is 11.5. The van der Waals surface area contributed by atoms with Crippen LogP contribution >= 0.6 is 11.3 Å². The summed E-state index contributed by atoms with van der Waals surface area (Å²) in [5, 5.41) is 11.7. The van der Waals surface area contributed by atoms with Gasteiger partial charge in [-0.2, -0.15) is 4.98 Å². The first-order valence-corrected chi connectivity index (χ1v) is 11.8. The fourth-order valence-electron chi connectivity index (χ4n) is 3.46. The predicted molar refractivity (Wildman–Crippen MR) is 136 cm³/mol. The van der Waals surface area contributed by atoms with Gasteiger partial charge in [0.1, 0.15) is 11.9 Å². The van der Waals surface area contributed by atoms with E-state index >= 15 is 0 Å². The molecule has 0 bridgehead atoms. The standard InChI is InChI=1S/C26H27N5OS/c1-19-17-24(31-26(28-19)27-15-14-22-13-8-16-33-22)30-23(18-20-9-4-2-5-10-20)25(32)29-21-11-6-3-7-12-21/h2-13,16-17,23H,14-15,18H2,1H3,(H,29,32)(H2,27,28,30,31)/t23-/m0/s1. The third-order valence-corrected chi connectivity index (χ3v) is 5.99. The van der Waals surface area contributed by atoms with Crippen LogP contribution < -0.4 is 16.0 Å². The van der Waals surface area contributed by atoms with Gasteiger partial charge < -0.3 is 16.0 Å². The van der Waals surface area contributed by atoms with Crippen LogP contribution in [0.15, 0.2) is 84.2 Å². The minimum Gasteiger partial charge on any atom is -0.358 e. The molecule has 2 aromatic heterocycles. The number of amides is 1. The number of thiophene rings is 1. The van der Waals surface area contributed by atoms with Gasteiger partial charge in [-0.05, 0) is 42.5 Å². The molecule has 0 saturated carbocycles. The van der Waals surface area contributed by atoms with Gasteiger partial charge in [-0.25, -0.2) is 4.98 Å². The van der Waals surface area contributed by atoms with E-state index in [1.54, 1.807) is 11.3 Å². The van der Waals surface area contributed by atoms with E-state index in [2.05, 4.69) is 43.4 Å². The van der Waals surface area contributed by atoms with Crippen LogP contribution in [0.25, 0.3) is 0 Å². The van der Waals surface area contributed by atoms with Crippen molar-refractivity contribution in [1.29, 1.82) is 0 Å². The fourth-order valence-corrected chi connectivity index (χ4v) is 4.17. The number of aryl methyl sites for hydroxylation is 1. The SMILES string of the molecule is Cc1cc(N[C@@H](Cc2ccccc2)C(=O)Nc2ccccc2)nc(NCCc2cccs2)n1. The van der Waals surface area contributed by atoms with Crippen LogP contribution in [-0.4, -0.2) is 28.5 Å². The molecule has 2 heterocycles. The molecule has 33 heavy (non-hydrogen) atoms. The van der Waals surface area contributed by atoms with Gasteiger partial charge in [-0.15, -0.1) is 11.3 Å². The Morgan fingerprint density at radius 2 is 1.73 bits per heavy atom. The number of carbonyl (C=O) groups excluding carboxylic acids is 1. The van der Waals surface area contributed by atoms with Crippen molar-refractivity contribution < 1.29 is 4.79 Å². The summed E-state index contributed by atoms with van der Waals surface area (Å²) in [5.74, 6) is 1.05. The number of anilines is 3. The lowest BCUT2D eigenvalue weighted by Gasteiger charge is -2.20. The average Bonchev–Trinajstić information content (AvgIpc) is 3.33. The molecular weight excluding hydrogens is 430 g/mol. The molecule has 1 atom stereocenters. The second kappa shape index (κ2) is 11.2. The molecule has 3 N–H and O–H groups in total. The quantitative estimate of drug-likeness (QED) is 0.306. The molecule has 7 heteroatoms. The van der Waals surface area contributed by atoms with Gasteiger partial charge in [0.15, 0.2) is 0 Å². The van der Waals surface area contributed by atoms with Crippen molar-refractivity contribution in [2.75, 3.05) is 22.5 Å². The zero-order valence-corrected chi connectivity index (χ0v) is 19.3. The van der Waals surface area contributed by atoms with E-state index in [1.807, 2.05) is 73.7 Å². The van der Waals surface area contributed by atoms with Gasteiger partial charge in [0.2, 0.25) is 11.9 Å². The number of rotatable bonds is 10. The molecule has 1 amide bonds. The van der Waals surface area contributed by atoms with E-state index in [9.17, 15) is 4.79 Å². The third kappa shape index (κ3) is 6.89. The number of nitrogens with zero attached hydrogens (tertiary/aromatic N) is 2. The van der Waals surface area contributed by atoms with Crippen LogP contribution in [-0.2, 0) is 17.6 Å². The summed E-state index contributed by atoms with van der Waals surface area (Å²) < 4.78 is 0. The van der Waals surface area contributed by atoms with E-state index in [1.165, 1.54) is 4.88 Å². The molecule has 0 saturated heterocycles. The molecule has 0 aliphatic rings. The molecule has 0 aliphatic heterocycles. The Bertz CT molecular complexity index is 1150. The minimum atomic E-state index is -0.499. The number of hydrogen-bond acceptors (Lipinski definition) is 6. The van der Waals surface area contributed by atoms with Crippen molar-refractivity contribution >= 4 is 34.7 Å². The predicted octanol–water partition coefficient (Wildman–Crippen LogP) is 5.16. The third-order valence-electron chi connectivity index (χ3n) is 5.05. The molecule has 2 aromatic carbocycles. The summed E-state index contributed by atoms with van der Waals surface area (Å²) in [6.07, 6.45) is 1.44. The second-order valence-corrected chi connectivity index (χ2v) is 8.75. The molecule has 0 radical (unpaired) electrons. The minimum absolute atomic E-state index is 0.117. The number of para-hydroxylation sites is 1. The van der Waals surface area contributed by atoms with Crippen LogP contribution in [0.4, 0.5) is 17.5 Å². The number of hydrogen-bond donors (Lipinski definition) is 3. The van der Waals surface area contributed by atoms with Crippen LogP contribution in [0, 0.1) is 6.92 Å². The van der Waals surface area contributed by atoms with Crippen LogP contribution in [0.5, 0.6) is 0 Å². The molecule has 6 nitrogen and oxygen atoms in total. The van der Waals surface area contributed by atoms with Gasteiger partial charge in [-0.3, -0.25) is 4.79 Å². The summed E-state index contributed by atoms with van der Waals surface area (Å²) in [5.41, 5.74) is 2.66. The molecule has 0 fully saturated rings. The Labute approximate surface area is 198 Å². The van der Waals surface area contributed by atoms with Gasteiger partial charge in [0.25, 0.3) is 0 Å². The molecule has 0 spiro atoms. The summed E-state index contributed by atoms with van der Waals surface area (Å²) in [7, 11) is 0. The first-order chi connectivity index (χ1) is 16.2. The maximum Gasteiger partial charge on any atom is 0.247 e. The van der Waals surface area contributed by atoms with Crippen molar-refractivity contribution in [3.8, 4) is 0 Å². The summed E-state index contributed by atoms with van der Waals surface area (Å²) in [4.78, 5) is 23.6. The van der Waals surface area contributed by atoms with Gasteiger partial charge >= 0.3 is 0 Å². The molecule has 0 aliphatic carbocycles. The van der Waals surface area contributed by atoms with Crippen LogP contribution in [0.2, 0.25) is 0 Å². The first kappa shape index (κ1) is 22.5. The Hall–Kier alpha value is -3.71. The number of nitrogens with one attached hydrogen (secondary N) is 3. The Kier molecular flexibility index (Phi) is 7.66. The lowest BCUT2D eigenvalue weighted by molar-refractivity contribution is -0.116. The molecule has 4 rings (SSSR count). The number of benzene rings is 2. The number of carbonyl (C=O) groups is 1. The molecule has 0 unspecified atom stereocenters. The largest absolute Gasteiger partial charge is 0.358 e. The van der Waals surface area contributed by atoms with Crippen molar-refractivity contribution in [2.24, 2.45) is 0 Å². The van der Waals surface area contributed by atoms with Gasteiger partial charge in [0.05, 0.1) is 0 Å². The van der Waals surface area contributed by atoms with Gasteiger partial charge in [-0.1, -0.05) is 54.6 Å². The molecule has 4 aromatic rings. The van der Waals surface area contributed by atoms with E-state index < -0.39 is 6.04 Å². The smallest absolute Gasteiger partial charge is 0.247 e. The fraction of sp³-hybridized carbons (Fsp3) is 0.192. The number of aromatic nitrogens is 2. The zero-order valence-electron chi connectivity index (χ0n) is 18.5. The van der Waals surface area contributed by atoms with Crippen LogP contribution in [0.3, 0.4) is 0 Å². The van der Waals surface area contributed by atoms with E-state index in [0.717, 1.165) is 29.9 Å². The van der Waals surface area contributed by atoms with Crippen molar-refractivity contribution in [3.05, 3.63) is 100 Å². The van der Waals surface area contributed by atoms with E-state index in [0.29, 0.717) is 18.2 Å².